The van der Waals surface area contributed by atoms with Crippen molar-refractivity contribution < 1.29 is 14.3 Å². The van der Waals surface area contributed by atoms with Crippen molar-refractivity contribution in [1.82, 2.24) is 9.38 Å². The third kappa shape index (κ3) is 2.60. The Morgan fingerprint density at radius 1 is 1.20 bits per heavy atom. The molecule has 6 heteroatoms. The number of nitrogens with zero attached hydrogens (tertiary/aromatic N) is 2. The van der Waals surface area contributed by atoms with Gasteiger partial charge in [-0.1, -0.05) is 18.2 Å². The van der Waals surface area contributed by atoms with Crippen molar-refractivity contribution in [2.45, 2.75) is 6.92 Å². The molecule has 2 aromatic carbocycles. The van der Waals surface area contributed by atoms with E-state index in [1.807, 2.05) is 29.0 Å². The van der Waals surface area contributed by atoms with E-state index in [0.717, 1.165) is 16.0 Å². The molecule has 0 amide bonds. The molecule has 2 aromatic heterocycles. The molecule has 0 bridgehead atoms. The molecule has 0 aliphatic carbocycles. The van der Waals surface area contributed by atoms with E-state index in [1.54, 1.807) is 18.2 Å². The fourth-order valence-electron chi connectivity index (χ4n) is 2.78. The summed E-state index contributed by atoms with van der Waals surface area (Å²) in [5, 5.41) is 10.9. The number of carbonyl (C=O) groups is 1. The Hall–Kier alpha value is -2.99. The molecule has 124 valence electrons. The molecule has 4 aromatic rings. The average Bonchev–Trinajstić information content (AvgIpc) is 3.18. The lowest BCUT2D eigenvalue weighted by Crippen LogP contribution is -1.95. The van der Waals surface area contributed by atoms with Gasteiger partial charge in [-0.25, -0.2) is 14.2 Å². The Balaban J connectivity index is 1.89. The van der Waals surface area contributed by atoms with Gasteiger partial charge >= 0.3 is 5.97 Å². The molecule has 0 aliphatic heterocycles. The Bertz CT molecular complexity index is 1100. The summed E-state index contributed by atoms with van der Waals surface area (Å²) >= 11 is 1.48. The lowest BCUT2D eigenvalue weighted by molar-refractivity contribution is 0.0697. The minimum absolute atomic E-state index is 0.215. The summed E-state index contributed by atoms with van der Waals surface area (Å²) in [6.45, 7) is 1.84. The average molecular weight is 352 g/mol. The molecule has 1 N–H and O–H groups in total. The lowest BCUT2D eigenvalue weighted by Gasteiger charge is -2.01. The highest BCUT2D eigenvalue weighted by Gasteiger charge is 2.18. The summed E-state index contributed by atoms with van der Waals surface area (Å²) < 4.78 is 16.3. The zero-order valence-corrected chi connectivity index (χ0v) is 14.0. The molecule has 0 saturated carbocycles. The maximum absolute atomic E-state index is 14.4. The highest BCUT2D eigenvalue weighted by atomic mass is 32.1. The number of halogens is 1. The molecular weight excluding hydrogens is 339 g/mol. The van der Waals surface area contributed by atoms with E-state index in [-0.39, 0.29) is 11.4 Å². The number of aromatic carboxylic acids is 1. The van der Waals surface area contributed by atoms with Crippen LogP contribution in [-0.4, -0.2) is 20.5 Å². The topological polar surface area (TPSA) is 54.6 Å². The normalized spacial score (nSPS) is 11.1. The van der Waals surface area contributed by atoms with E-state index in [2.05, 4.69) is 4.98 Å². The van der Waals surface area contributed by atoms with Crippen LogP contribution in [0.3, 0.4) is 0 Å². The smallest absolute Gasteiger partial charge is 0.335 e. The summed E-state index contributed by atoms with van der Waals surface area (Å²) in [4.78, 5) is 16.5. The van der Waals surface area contributed by atoms with Crippen molar-refractivity contribution >= 4 is 22.1 Å². The first-order valence-corrected chi connectivity index (χ1v) is 8.48. The Morgan fingerprint density at radius 3 is 2.64 bits per heavy atom. The van der Waals surface area contributed by atoms with Crippen LogP contribution in [-0.2, 0) is 0 Å². The monoisotopic (exact) mass is 352 g/mol. The minimum Gasteiger partial charge on any atom is -0.478 e. The largest absolute Gasteiger partial charge is 0.478 e. The van der Waals surface area contributed by atoms with Crippen LogP contribution in [0.5, 0.6) is 0 Å². The SMILES string of the molecule is Cc1ccc(-c2nc(-c3ccc(C(=O)O)cc3)n3ccsc23)c(F)c1. The molecule has 0 fully saturated rings. The fraction of sp³-hybridized carbons (Fsp3) is 0.0526. The Morgan fingerprint density at radius 2 is 1.96 bits per heavy atom. The molecule has 4 nitrogen and oxygen atoms in total. The van der Waals surface area contributed by atoms with Gasteiger partial charge in [-0.05, 0) is 36.8 Å². The molecule has 0 saturated heterocycles. The fourth-order valence-corrected chi connectivity index (χ4v) is 3.62. The van der Waals surface area contributed by atoms with Gasteiger partial charge < -0.3 is 5.11 Å². The van der Waals surface area contributed by atoms with E-state index in [1.165, 1.54) is 29.5 Å². The van der Waals surface area contributed by atoms with Crippen LogP contribution < -0.4 is 0 Å². The maximum atomic E-state index is 14.4. The van der Waals surface area contributed by atoms with Gasteiger partial charge in [0.05, 0.1) is 5.56 Å². The highest BCUT2D eigenvalue weighted by molar-refractivity contribution is 7.16. The number of hydrogen-bond acceptors (Lipinski definition) is 3. The van der Waals surface area contributed by atoms with Gasteiger partial charge in [0.15, 0.2) is 0 Å². The first kappa shape index (κ1) is 15.5. The highest BCUT2D eigenvalue weighted by Crippen LogP contribution is 2.34. The van der Waals surface area contributed by atoms with Crippen molar-refractivity contribution in [2.75, 3.05) is 0 Å². The first-order chi connectivity index (χ1) is 12.0. The number of hydrogen-bond donors (Lipinski definition) is 1. The van der Waals surface area contributed by atoms with E-state index >= 15 is 0 Å². The van der Waals surface area contributed by atoms with Gasteiger partial charge in [0.1, 0.15) is 22.2 Å². The second-order valence-electron chi connectivity index (χ2n) is 5.73. The summed E-state index contributed by atoms with van der Waals surface area (Å²) in [5.41, 5.74) is 2.89. The quantitative estimate of drug-likeness (QED) is 0.572. The van der Waals surface area contributed by atoms with Gasteiger partial charge in [0.2, 0.25) is 0 Å². The number of carboxylic acid groups (broad SMARTS) is 1. The van der Waals surface area contributed by atoms with Crippen molar-refractivity contribution in [3.05, 3.63) is 71.0 Å². The molecule has 0 atom stereocenters. The van der Waals surface area contributed by atoms with Crippen LogP contribution >= 0.6 is 11.3 Å². The van der Waals surface area contributed by atoms with E-state index in [4.69, 9.17) is 5.11 Å². The summed E-state index contributed by atoms with van der Waals surface area (Å²) in [7, 11) is 0. The van der Waals surface area contributed by atoms with Crippen LogP contribution in [0.25, 0.3) is 27.5 Å². The predicted octanol–water partition coefficient (Wildman–Crippen LogP) is 4.88. The number of benzene rings is 2. The molecule has 4 rings (SSSR count). The number of rotatable bonds is 3. The van der Waals surface area contributed by atoms with Gasteiger partial charge in [-0.15, -0.1) is 11.3 Å². The Kier molecular flexibility index (Phi) is 3.62. The molecule has 25 heavy (non-hydrogen) atoms. The lowest BCUT2D eigenvalue weighted by atomic mass is 10.1. The number of aryl methyl sites for hydroxylation is 1. The van der Waals surface area contributed by atoms with E-state index in [9.17, 15) is 9.18 Å². The number of thiazole rings is 1. The van der Waals surface area contributed by atoms with E-state index in [0.29, 0.717) is 17.1 Å². The molecule has 0 aliphatic rings. The number of aromatic nitrogens is 2. The first-order valence-electron chi connectivity index (χ1n) is 7.60. The molecule has 0 unspecified atom stereocenters. The van der Waals surface area contributed by atoms with Crippen molar-refractivity contribution in [2.24, 2.45) is 0 Å². The molecular formula is C19H13FN2O2S. The third-order valence-corrected chi connectivity index (χ3v) is 4.90. The van der Waals surface area contributed by atoms with Crippen LogP contribution in [0.15, 0.2) is 54.0 Å². The van der Waals surface area contributed by atoms with E-state index < -0.39 is 5.97 Å². The van der Waals surface area contributed by atoms with Crippen LogP contribution in [0.4, 0.5) is 4.39 Å². The third-order valence-electron chi connectivity index (χ3n) is 4.03. The number of carboxylic acids is 1. The van der Waals surface area contributed by atoms with Gasteiger partial charge in [-0.3, -0.25) is 4.40 Å². The van der Waals surface area contributed by atoms with Crippen molar-refractivity contribution in [3.8, 4) is 22.6 Å². The summed E-state index contributed by atoms with van der Waals surface area (Å²) in [5.74, 6) is -0.623. The van der Waals surface area contributed by atoms with Gasteiger partial charge in [0.25, 0.3) is 0 Å². The molecule has 0 radical (unpaired) electrons. The van der Waals surface area contributed by atoms with Crippen molar-refractivity contribution in [3.63, 3.8) is 0 Å². The Labute approximate surface area is 146 Å². The summed E-state index contributed by atoms with van der Waals surface area (Å²) in [6.07, 6.45) is 1.88. The van der Waals surface area contributed by atoms with Gasteiger partial charge in [0, 0.05) is 22.7 Å². The number of imidazole rings is 1. The zero-order chi connectivity index (χ0) is 17.6. The van der Waals surface area contributed by atoms with Crippen LogP contribution in [0.2, 0.25) is 0 Å². The van der Waals surface area contributed by atoms with Crippen LogP contribution in [0.1, 0.15) is 15.9 Å². The number of fused-ring (bicyclic) bond motifs is 1. The second-order valence-corrected chi connectivity index (χ2v) is 6.62. The zero-order valence-electron chi connectivity index (χ0n) is 13.2. The minimum atomic E-state index is -0.974. The standard InChI is InChI=1S/C19H13FN2O2S/c1-11-2-7-14(15(20)10-11)16-18-22(8-9-25-18)17(21-16)12-3-5-13(6-4-12)19(23)24/h2-10H,1H3,(H,23,24). The predicted molar refractivity (Wildman–Crippen MR) is 95.6 cm³/mol. The van der Waals surface area contributed by atoms with Crippen molar-refractivity contribution in [1.29, 1.82) is 0 Å². The van der Waals surface area contributed by atoms with Gasteiger partial charge in [-0.2, -0.15) is 0 Å². The van der Waals surface area contributed by atoms with Crippen LogP contribution in [0, 0.1) is 12.7 Å². The molecule has 0 spiro atoms. The molecule has 2 heterocycles. The second kappa shape index (κ2) is 5.82. The summed E-state index contributed by atoms with van der Waals surface area (Å²) in [6, 6.07) is 11.6. The maximum Gasteiger partial charge on any atom is 0.335 e.